The van der Waals surface area contributed by atoms with Crippen LogP contribution in [0.2, 0.25) is 0 Å². The Kier molecular flexibility index (Phi) is 2.24. The zero-order valence-corrected chi connectivity index (χ0v) is 6.60. The summed E-state index contributed by atoms with van der Waals surface area (Å²) in [5.74, 6) is 0.698. The van der Waals surface area contributed by atoms with Crippen molar-refractivity contribution in [3.05, 3.63) is 16.8 Å². The summed E-state index contributed by atoms with van der Waals surface area (Å²) < 4.78 is 5.73. The Morgan fingerprint density at radius 2 is 2.67 bits per heavy atom. The molecular weight excluding hydrogens is 184 g/mol. The molecule has 9 heavy (non-hydrogen) atoms. The molecule has 0 aromatic carbocycles. The van der Waals surface area contributed by atoms with Gasteiger partial charge in [0.1, 0.15) is 10.9 Å². The summed E-state index contributed by atoms with van der Waals surface area (Å²) in [5.41, 5.74) is 0. The molecule has 0 aliphatic heterocycles. The van der Waals surface area contributed by atoms with Crippen molar-refractivity contribution in [3.8, 4) is 0 Å². The predicted molar refractivity (Wildman–Crippen MR) is 37.0 cm³/mol. The highest BCUT2D eigenvalue weighted by molar-refractivity contribution is 9.10. The molecule has 0 saturated heterocycles. The second-order valence-corrected chi connectivity index (χ2v) is 2.41. The van der Waals surface area contributed by atoms with Gasteiger partial charge in [0.05, 0.1) is 6.54 Å². The minimum absolute atomic E-state index is 0.672. The van der Waals surface area contributed by atoms with Crippen molar-refractivity contribution in [3.63, 3.8) is 0 Å². The van der Waals surface area contributed by atoms with Crippen molar-refractivity contribution in [2.24, 2.45) is 0 Å². The quantitative estimate of drug-likeness (QED) is 0.761. The molecule has 0 spiro atoms. The zero-order valence-electron chi connectivity index (χ0n) is 5.02. The van der Waals surface area contributed by atoms with E-state index in [2.05, 4.69) is 26.2 Å². The van der Waals surface area contributed by atoms with E-state index in [9.17, 15) is 0 Å². The number of halogens is 1. The first-order valence-electron chi connectivity index (χ1n) is 2.57. The molecule has 0 atom stereocenters. The van der Waals surface area contributed by atoms with Crippen LogP contribution in [0.1, 0.15) is 5.89 Å². The number of nitrogens with zero attached hydrogens (tertiary/aromatic N) is 1. The molecule has 0 aliphatic carbocycles. The zero-order chi connectivity index (χ0) is 6.69. The van der Waals surface area contributed by atoms with Gasteiger partial charge in [0.25, 0.3) is 0 Å². The van der Waals surface area contributed by atoms with Gasteiger partial charge in [-0.25, -0.2) is 4.98 Å². The molecule has 0 bridgehead atoms. The third kappa shape index (κ3) is 1.80. The van der Waals surface area contributed by atoms with E-state index in [1.807, 2.05) is 7.05 Å². The number of hydrogen-bond donors (Lipinski definition) is 1. The van der Waals surface area contributed by atoms with Gasteiger partial charge in [-0.05, 0) is 23.0 Å². The number of nitrogens with one attached hydrogen (secondary N) is 1. The molecule has 3 nitrogen and oxygen atoms in total. The van der Waals surface area contributed by atoms with Crippen molar-refractivity contribution < 1.29 is 4.42 Å². The minimum Gasteiger partial charge on any atom is -0.446 e. The molecule has 1 aromatic rings. The molecule has 4 heteroatoms. The molecular formula is C5H7BrN2O. The summed E-state index contributed by atoms with van der Waals surface area (Å²) in [7, 11) is 1.85. The molecule has 50 valence electrons. The first-order chi connectivity index (χ1) is 4.33. The molecule has 1 rings (SSSR count). The van der Waals surface area contributed by atoms with Crippen molar-refractivity contribution in [2.75, 3.05) is 7.05 Å². The van der Waals surface area contributed by atoms with Crippen molar-refractivity contribution in [2.45, 2.75) is 6.54 Å². The Morgan fingerprint density at radius 3 is 3.11 bits per heavy atom. The first-order valence-corrected chi connectivity index (χ1v) is 3.36. The Bertz CT molecular complexity index is 187. The number of aromatic nitrogens is 1. The number of oxazole rings is 1. The van der Waals surface area contributed by atoms with Crippen molar-refractivity contribution in [1.82, 2.24) is 10.3 Å². The summed E-state index contributed by atoms with van der Waals surface area (Å²) in [6.45, 7) is 0.672. The highest BCUT2D eigenvalue weighted by Crippen LogP contribution is 2.07. The highest BCUT2D eigenvalue weighted by atomic mass is 79.9. The molecule has 0 radical (unpaired) electrons. The van der Waals surface area contributed by atoms with Crippen LogP contribution in [0.4, 0.5) is 0 Å². The fraction of sp³-hybridized carbons (Fsp3) is 0.400. The maximum absolute atomic E-state index is 4.98. The van der Waals surface area contributed by atoms with Gasteiger partial charge in [-0.2, -0.15) is 0 Å². The van der Waals surface area contributed by atoms with Crippen LogP contribution in [0, 0.1) is 0 Å². The van der Waals surface area contributed by atoms with Crippen LogP contribution >= 0.6 is 15.9 Å². The first kappa shape index (κ1) is 6.77. The standard InChI is InChI=1S/C5H7BrN2O/c1-7-2-5-8-4(6)3-9-5/h3,7H,2H2,1H3. The Hall–Kier alpha value is -0.350. The molecule has 0 fully saturated rings. The van der Waals surface area contributed by atoms with E-state index in [4.69, 9.17) is 4.42 Å². The van der Waals surface area contributed by atoms with Gasteiger partial charge in [0, 0.05) is 0 Å². The van der Waals surface area contributed by atoms with E-state index in [1.54, 1.807) is 6.26 Å². The second kappa shape index (κ2) is 2.98. The largest absolute Gasteiger partial charge is 0.446 e. The average molecular weight is 191 g/mol. The maximum atomic E-state index is 4.98. The highest BCUT2D eigenvalue weighted by Gasteiger charge is 1.96. The van der Waals surface area contributed by atoms with E-state index < -0.39 is 0 Å². The molecule has 1 aromatic heterocycles. The lowest BCUT2D eigenvalue weighted by atomic mass is 10.6. The Labute approximate surface area is 61.6 Å². The van der Waals surface area contributed by atoms with Gasteiger partial charge >= 0.3 is 0 Å². The number of hydrogen-bond acceptors (Lipinski definition) is 3. The van der Waals surface area contributed by atoms with Crippen LogP contribution < -0.4 is 5.32 Å². The Balaban J connectivity index is 2.61. The van der Waals surface area contributed by atoms with Crippen LogP contribution in [0.5, 0.6) is 0 Å². The van der Waals surface area contributed by atoms with E-state index in [0.29, 0.717) is 12.4 Å². The molecule has 1 heterocycles. The fourth-order valence-corrected chi connectivity index (χ4v) is 0.812. The third-order valence-corrected chi connectivity index (χ3v) is 1.22. The lowest BCUT2D eigenvalue weighted by molar-refractivity contribution is 0.480. The fourth-order valence-electron chi connectivity index (χ4n) is 0.521. The molecule has 0 amide bonds. The lowest BCUT2D eigenvalue weighted by Crippen LogP contribution is -2.04. The maximum Gasteiger partial charge on any atom is 0.209 e. The SMILES string of the molecule is CNCc1nc(Br)co1. The lowest BCUT2D eigenvalue weighted by Gasteiger charge is -1.87. The van der Waals surface area contributed by atoms with Crippen LogP contribution in [0.3, 0.4) is 0 Å². The van der Waals surface area contributed by atoms with Gasteiger partial charge in [0.2, 0.25) is 5.89 Å². The van der Waals surface area contributed by atoms with E-state index >= 15 is 0 Å². The van der Waals surface area contributed by atoms with Gasteiger partial charge in [-0.3, -0.25) is 0 Å². The molecule has 0 saturated carbocycles. The summed E-state index contributed by atoms with van der Waals surface area (Å²) in [6.07, 6.45) is 1.56. The second-order valence-electron chi connectivity index (χ2n) is 1.59. The van der Waals surface area contributed by atoms with E-state index in [0.717, 1.165) is 4.60 Å². The molecule has 0 aliphatic rings. The van der Waals surface area contributed by atoms with Gasteiger partial charge in [-0.1, -0.05) is 0 Å². The van der Waals surface area contributed by atoms with Gasteiger partial charge in [0.15, 0.2) is 0 Å². The van der Waals surface area contributed by atoms with Crippen molar-refractivity contribution >= 4 is 15.9 Å². The van der Waals surface area contributed by atoms with E-state index in [-0.39, 0.29) is 0 Å². The van der Waals surface area contributed by atoms with Gasteiger partial charge < -0.3 is 9.73 Å². The van der Waals surface area contributed by atoms with Crippen LogP contribution in [0.15, 0.2) is 15.3 Å². The predicted octanol–water partition coefficient (Wildman–Crippen LogP) is 1.16. The minimum atomic E-state index is 0.672. The van der Waals surface area contributed by atoms with Crippen molar-refractivity contribution in [1.29, 1.82) is 0 Å². The molecule has 1 N–H and O–H groups in total. The smallest absolute Gasteiger partial charge is 0.209 e. The molecule has 0 unspecified atom stereocenters. The summed E-state index contributed by atoms with van der Waals surface area (Å²) in [5, 5.41) is 2.92. The average Bonchev–Trinajstić information content (AvgIpc) is 2.17. The normalized spacial score (nSPS) is 10.0. The van der Waals surface area contributed by atoms with E-state index in [1.165, 1.54) is 0 Å². The van der Waals surface area contributed by atoms with Crippen LogP contribution in [-0.2, 0) is 6.54 Å². The van der Waals surface area contributed by atoms with Crippen LogP contribution in [-0.4, -0.2) is 12.0 Å². The summed E-state index contributed by atoms with van der Waals surface area (Å²) in [6, 6.07) is 0. The topological polar surface area (TPSA) is 38.1 Å². The summed E-state index contributed by atoms with van der Waals surface area (Å²) >= 11 is 3.17. The van der Waals surface area contributed by atoms with Gasteiger partial charge in [-0.15, -0.1) is 0 Å². The number of rotatable bonds is 2. The van der Waals surface area contributed by atoms with Crippen LogP contribution in [0.25, 0.3) is 0 Å². The summed E-state index contributed by atoms with van der Waals surface area (Å²) in [4.78, 5) is 3.99. The third-order valence-electron chi connectivity index (χ3n) is 0.852. The monoisotopic (exact) mass is 190 g/mol. The Morgan fingerprint density at radius 1 is 1.89 bits per heavy atom.